The highest BCUT2D eigenvalue weighted by atomic mass is 35.5. The average Bonchev–Trinajstić information content (AvgIpc) is 3.16. The van der Waals surface area contributed by atoms with Gasteiger partial charge in [0.05, 0.1) is 16.8 Å². The topological polar surface area (TPSA) is 101 Å². The van der Waals surface area contributed by atoms with Crippen molar-refractivity contribution in [2.24, 2.45) is 5.10 Å². The first-order chi connectivity index (χ1) is 13.9. The van der Waals surface area contributed by atoms with E-state index in [9.17, 15) is 9.59 Å². The minimum Gasteiger partial charge on any atom is -0.482 e. The van der Waals surface area contributed by atoms with Gasteiger partial charge >= 0.3 is 5.97 Å². The number of amides is 1. The monoisotopic (exact) mass is 432 g/mol. The van der Waals surface area contributed by atoms with Gasteiger partial charge in [-0.2, -0.15) is 5.10 Å². The smallest absolute Gasteiger partial charge is 0.335 e. The van der Waals surface area contributed by atoms with E-state index < -0.39 is 11.9 Å². The van der Waals surface area contributed by atoms with Crippen molar-refractivity contribution in [1.29, 1.82) is 0 Å². The minimum absolute atomic E-state index is 0.155. The van der Waals surface area contributed by atoms with Crippen molar-refractivity contribution in [3.8, 4) is 17.1 Å². The molecule has 7 nitrogen and oxygen atoms in total. The summed E-state index contributed by atoms with van der Waals surface area (Å²) in [7, 11) is 0. The lowest BCUT2D eigenvalue weighted by Crippen LogP contribution is -2.24. The van der Waals surface area contributed by atoms with E-state index in [1.54, 1.807) is 36.4 Å². The van der Waals surface area contributed by atoms with Gasteiger partial charge in [0.2, 0.25) is 0 Å². The van der Waals surface area contributed by atoms with Crippen LogP contribution in [0.5, 0.6) is 5.75 Å². The Hall–Kier alpha value is -3.29. The van der Waals surface area contributed by atoms with Gasteiger partial charge in [-0.3, -0.25) is 4.79 Å². The van der Waals surface area contributed by atoms with Gasteiger partial charge in [0, 0.05) is 10.6 Å². The fourth-order valence-corrected chi connectivity index (χ4v) is 2.78. The lowest BCUT2D eigenvalue weighted by atomic mass is 10.1. The number of furan rings is 1. The first-order valence-electron chi connectivity index (χ1n) is 8.25. The fourth-order valence-electron chi connectivity index (χ4n) is 2.32. The number of carboxylic acids is 1. The summed E-state index contributed by atoms with van der Waals surface area (Å²) < 4.78 is 10.9. The third kappa shape index (κ3) is 5.60. The van der Waals surface area contributed by atoms with Crippen LogP contribution >= 0.6 is 23.2 Å². The first kappa shape index (κ1) is 20.4. The summed E-state index contributed by atoms with van der Waals surface area (Å²) in [6.45, 7) is -0.288. The zero-order valence-electron chi connectivity index (χ0n) is 14.8. The lowest BCUT2D eigenvalue weighted by molar-refractivity contribution is -0.123. The van der Waals surface area contributed by atoms with Crippen LogP contribution in [-0.4, -0.2) is 29.8 Å². The quantitative estimate of drug-likeness (QED) is 0.423. The van der Waals surface area contributed by atoms with Gasteiger partial charge in [0.25, 0.3) is 5.91 Å². The van der Waals surface area contributed by atoms with Crippen LogP contribution in [0.2, 0.25) is 10.0 Å². The van der Waals surface area contributed by atoms with Crippen LogP contribution in [0.1, 0.15) is 16.1 Å². The Balaban J connectivity index is 1.55. The van der Waals surface area contributed by atoms with Crippen LogP contribution in [-0.2, 0) is 4.79 Å². The molecule has 0 fully saturated rings. The third-order valence-corrected chi connectivity index (χ3v) is 4.19. The van der Waals surface area contributed by atoms with Gasteiger partial charge in [-0.25, -0.2) is 10.2 Å². The maximum atomic E-state index is 11.8. The summed E-state index contributed by atoms with van der Waals surface area (Å²) in [5.74, 6) is -0.336. The zero-order chi connectivity index (χ0) is 20.8. The van der Waals surface area contributed by atoms with E-state index in [1.165, 1.54) is 24.4 Å². The molecule has 29 heavy (non-hydrogen) atoms. The summed E-state index contributed by atoms with van der Waals surface area (Å²) in [6.07, 6.45) is 1.32. The Bertz CT molecular complexity index is 1080. The Morgan fingerprint density at radius 3 is 2.72 bits per heavy atom. The van der Waals surface area contributed by atoms with E-state index in [0.717, 1.165) is 0 Å². The number of hydrazone groups is 1. The summed E-state index contributed by atoms with van der Waals surface area (Å²) in [6, 6.07) is 14.3. The van der Waals surface area contributed by atoms with Gasteiger partial charge in [0.15, 0.2) is 6.61 Å². The van der Waals surface area contributed by atoms with Crippen LogP contribution in [0.25, 0.3) is 11.3 Å². The molecular formula is C20H14Cl2N2O5. The highest BCUT2D eigenvalue weighted by molar-refractivity contribution is 6.35. The molecule has 0 aliphatic heterocycles. The maximum absolute atomic E-state index is 11.8. The molecule has 1 heterocycles. The molecule has 2 aromatic carbocycles. The number of hydrogen-bond donors (Lipinski definition) is 2. The van der Waals surface area contributed by atoms with E-state index in [2.05, 4.69) is 10.5 Å². The number of hydrogen-bond acceptors (Lipinski definition) is 5. The number of carbonyl (C=O) groups is 2. The van der Waals surface area contributed by atoms with Crippen LogP contribution in [0.3, 0.4) is 0 Å². The highest BCUT2D eigenvalue weighted by Gasteiger charge is 2.08. The minimum atomic E-state index is -1.02. The normalized spacial score (nSPS) is 10.8. The summed E-state index contributed by atoms with van der Waals surface area (Å²) in [5.41, 5.74) is 3.07. The number of nitrogens with zero attached hydrogens (tertiary/aromatic N) is 1. The number of halogens is 2. The summed E-state index contributed by atoms with van der Waals surface area (Å²) in [4.78, 5) is 22.9. The standard InChI is InChI=1S/C20H14Cl2N2O5/c21-14-4-6-18(16(22)9-14)28-11-19(25)24-23-10-15-5-7-17(29-15)12-2-1-3-13(8-12)20(26)27/h1-10H,11H2,(H,24,25)(H,26,27). The summed E-state index contributed by atoms with van der Waals surface area (Å²) >= 11 is 11.8. The van der Waals surface area contributed by atoms with Gasteiger partial charge in [-0.05, 0) is 42.5 Å². The second kappa shape index (κ2) is 9.27. The van der Waals surface area contributed by atoms with Crippen LogP contribution in [0.15, 0.2) is 64.1 Å². The SMILES string of the molecule is O=C(COc1ccc(Cl)cc1Cl)NN=Cc1ccc(-c2cccc(C(=O)O)c2)o1. The van der Waals surface area contributed by atoms with Crippen molar-refractivity contribution in [3.63, 3.8) is 0 Å². The molecule has 0 bridgehead atoms. The molecule has 3 rings (SSSR count). The van der Waals surface area contributed by atoms with Gasteiger partial charge in [-0.15, -0.1) is 0 Å². The third-order valence-electron chi connectivity index (χ3n) is 3.65. The van der Waals surface area contributed by atoms with Crippen molar-refractivity contribution < 1.29 is 23.8 Å². The van der Waals surface area contributed by atoms with Crippen molar-refractivity contribution in [2.45, 2.75) is 0 Å². The Morgan fingerprint density at radius 2 is 1.97 bits per heavy atom. The molecule has 9 heteroatoms. The molecular weight excluding hydrogens is 419 g/mol. The molecule has 148 valence electrons. The molecule has 0 atom stereocenters. The molecule has 0 unspecified atom stereocenters. The van der Waals surface area contributed by atoms with Crippen molar-refractivity contribution in [3.05, 3.63) is 76.0 Å². The van der Waals surface area contributed by atoms with Crippen LogP contribution < -0.4 is 10.2 Å². The first-order valence-corrected chi connectivity index (χ1v) is 9.01. The summed E-state index contributed by atoms with van der Waals surface area (Å²) in [5, 5.41) is 13.6. The molecule has 1 amide bonds. The molecule has 2 N–H and O–H groups in total. The average molecular weight is 433 g/mol. The molecule has 0 spiro atoms. The second-order valence-electron chi connectivity index (χ2n) is 5.74. The van der Waals surface area contributed by atoms with Gasteiger partial charge in [0.1, 0.15) is 17.3 Å². The number of ether oxygens (including phenoxy) is 1. The number of aromatic carboxylic acids is 1. The second-order valence-corrected chi connectivity index (χ2v) is 6.59. The number of nitrogens with one attached hydrogen (secondary N) is 1. The van der Waals surface area contributed by atoms with Gasteiger partial charge < -0.3 is 14.3 Å². The van der Waals surface area contributed by atoms with Crippen molar-refractivity contribution >= 4 is 41.3 Å². The Morgan fingerprint density at radius 1 is 1.14 bits per heavy atom. The number of carbonyl (C=O) groups excluding carboxylic acids is 1. The zero-order valence-corrected chi connectivity index (χ0v) is 16.3. The predicted molar refractivity (Wildman–Crippen MR) is 109 cm³/mol. The molecule has 0 saturated carbocycles. The van der Waals surface area contributed by atoms with Crippen LogP contribution in [0, 0.1) is 0 Å². The highest BCUT2D eigenvalue weighted by Crippen LogP contribution is 2.27. The molecule has 1 aromatic heterocycles. The lowest BCUT2D eigenvalue weighted by Gasteiger charge is -2.06. The maximum Gasteiger partial charge on any atom is 0.335 e. The molecule has 0 aliphatic rings. The Labute approximate surface area is 175 Å². The Kier molecular flexibility index (Phi) is 6.54. The fraction of sp³-hybridized carbons (Fsp3) is 0.0500. The van der Waals surface area contributed by atoms with E-state index in [0.29, 0.717) is 32.9 Å². The molecule has 0 aliphatic carbocycles. The van der Waals surface area contributed by atoms with E-state index >= 15 is 0 Å². The van der Waals surface area contributed by atoms with Gasteiger partial charge in [-0.1, -0.05) is 35.3 Å². The predicted octanol–water partition coefficient (Wildman–Crippen LogP) is 4.48. The molecule has 0 radical (unpaired) electrons. The van der Waals surface area contributed by atoms with E-state index in [1.807, 2.05) is 0 Å². The number of carboxylic acid groups (broad SMARTS) is 1. The number of benzene rings is 2. The molecule has 0 saturated heterocycles. The van der Waals surface area contributed by atoms with E-state index in [-0.39, 0.29) is 12.2 Å². The van der Waals surface area contributed by atoms with Crippen molar-refractivity contribution in [2.75, 3.05) is 6.61 Å². The molecule has 3 aromatic rings. The van der Waals surface area contributed by atoms with Crippen LogP contribution in [0.4, 0.5) is 0 Å². The van der Waals surface area contributed by atoms with Crippen molar-refractivity contribution in [1.82, 2.24) is 5.43 Å². The number of rotatable bonds is 7. The largest absolute Gasteiger partial charge is 0.482 e. The van der Waals surface area contributed by atoms with E-state index in [4.69, 9.17) is 37.5 Å².